The van der Waals surface area contributed by atoms with E-state index in [1.165, 1.54) is 12.3 Å². The third-order valence-corrected chi connectivity index (χ3v) is 3.33. The maximum atomic E-state index is 11.7. The van der Waals surface area contributed by atoms with E-state index in [0.29, 0.717) is 5.69 Å². The lowest BCUT2D eigenvalue weighted by Gasteiger charge is -2.00. The number of aromatic nitrogens is 1. The van der Waals surface area contributed by atoms with E-state index < -0.39 is 11.9 Å². The Morgan fingerprint density at radius 3 is 2.68 bits per heavy atom. The van der Waals surface area contributed by atoms with Crippen molar-refractivity contribution >= 4 is 28.3 Å². The van der Waals surface area contributed by atoms with E-state index >= 15 is 0 Å². The summed E-state index contributed by atoms with van der Waals surface area (Å²) in [6.45, 7) is 3.69. The average molecular weight is 280 g/mol. The zero-order valence-electron chi connectivity index (χ0n) is 10.3. The number of thiazole rings is 1. The van der Waals surface area contributed by atoms with E-state index in [4.69, 9.17) is 9.52 Å². The first-order valence-corrected chi connectivity index (χ1v) is 6.39. The fraction of sp³-hybridized carbons (Fsp3) is 0.250. The van der Waals surface area contributed by atoms with Gasteiger partial charge in [-0.15, -0.1) is 0 Å². The predicted molar refractivity (Wildman–Crippen MR) is 69.8 cm³/mol. The molecule has 0 aliphatic heterocycles. The molecular weight excluding hydrogens is 268 g/mol. The van der Waals surface area contributed by atoms with Gasteiger partial charge in [0, 0.05) is 0 Å². The van der Waals surface area contributed by atoms with Crippen LogP contribution < -0.4 is 5.32 Å². The van der Waals surface area contributed by atoms with Crippen molar-refractivity contribution in [2.75, 3.05) is 5.32 Å². The highest BCUT2D eigenvalue weighted by Crippen LogP contribution is 2.28. The van der Waals surface area contributed by atoms with Crippen LogP contribution in [0.3, 0.4) is 0 Å². The van der Waals surface area contributed by atoms with Crippen LogP contribution in [0.5, 0.6) is 0 Å². The number of nitrogens with one attached hydrogen (secondary N) is 1. The molecule has 6 nitrogen and oxygen atoms in total. The van der Waals surface area contributed by atoms with Crippen molar-refractivity contribution in [2.45, 2.75) is 19.8 Å². The van der Waals surface area contributed by atoms with Gasteiger partial charge in [-0.3, -0.25) is 10.1 Å². The number of aromatic carboxylic acids is 1. The Kier molecular flexibility index (Phi) is 3.66. The number of rotatable bonds is 4. The number of amides is 1. The lowest BCUT2D eigenvalue weighted by Crippen LogP contribution is -2.10. The molecule has 2 rings (SSSR count). The zero-order valence-corrected chi connectivity index (χ0v) is 11.2. The highest BCUT2D eigenvalue weighted by molar-refractivity contribution is 7.17. The molecule has 0 saturated heterocycles. The molecule has 19 heavy (non-hydrogen) atoms. The maximum absolute atomic E-state index is 11.7. The van der Waals surface area contributed by atoms with Gasteiger partial charge in [-0.1, -0.05) is 25.2 Å². The van der Waals surface area contributed by atoms with Gasteiger partial charge in [-0.2, -0.15) is 0 Å². The molecule has 0 bridgehead atoms. The highest BCUT2D eigenvalue weighted by Gasteiger charge is 2.21. The number of carbonyl (C=O) groups excluding carboxylic acids is 1. The van der Waals surface area contributed by atoms with Gasteiger partial charge >= 0.3 is 5.97 Å². The second kappa shape index (κ2) is 5.23. The van der Waals surface area contributed by atoms with Crippen LogP contribution in [0.15, 0.2) is 22.8 Å². The number of carboxylic acid groups (broad SMARTS) is 1. The van der Waals surface area contributed by atoms with Crippen LogP contribution in [0, 0.1) is 0 Å². The molecule has 100 valence electrons. The Bertz CT molecular complexity index is 601. The lowest BCUT2D eigenvalue weighted by atomic mass is 10.1. The van der Waals surface area contributed by atoms with E-state index in [9.17, 15) is 9.59 Å². The van der Waals surface area contributed by atoms with Crippen LogP contribution in [0.2, 0.25) is 0 Å². The molecule has 0 unspecified atom stereocenters. The first-order chi connectivity index (χ1) is 8.99. The van der Waals surface area contributed by atoms with E-state index in [0.717, 1.165) is 11.3 Å². The summed E-state index contributed by atoms with van der Waals surface area (Å²) in [6.07, 6.45) is 1.39. The molecule has 2 aromatic rings. The van der Waals surface area contributed by atoms with Crippen LogP contribution in [0.4, 0.5) is 5.13 Å². The monoisotopic (exact) mass is 280 g/mol. The molecule has 0 radical (unpaired) electrons. The molecule has 0 spiro atoms. The van der Waals surface area contributed by atoms with Crippen LogP contribution in [-0.2, 0) is 0 Å². The minimum Gasteiger partial charge on any atom is -0.477 e. The summed E-state index contributed by atoms with van der Waals surface area (Å²) in [4.78, 5) is 27.1. The van der Waals surface area contributed by atoms with Crippen LogP contribution in [-0.4, -0.2) is 22.0 Å². The maximum Gasteiger partial charge on any atom is 0.347 e. The van der Waals surface area contributed by atoms with Gasteiger partial charge < -0.3 is 9.52 Å². The number of hydrogen-bond donors (Lipinski definition) is 2. The summed E-state index contributed by atoms with van der Waals surface area (Å²) < 4.78 is 4.95. The number of hydrogen-bond acceptors (Lipinski definition) is 5. The van der Waals surface area contributed by atoms with E-state index in [1.54, 1.807) is 6.07 Å². The third-order valence-electron chi connectivity index (χ3n) is 2.36. The van der Waals surface area contributed by atoms with Gasteiger partial charge in [-0.25, -0.2) is 9.78 Å². The van der Waals surface area contributed by atoms with E-state index in [2.05, 4.69) is 10.3 Å². The number of carbonyl (C=O) groups is 2. The van der Waals surface area contributed by atoms with Gasteiger partial charge in [0.05, 0.1) is 12.0 Å². The van der Waals surface area contributed by atoms with Gasteiger partial charge in [-0.05, 0) is 18.1 Å². The summed E-state index contributed by atoms with van der Waals surface area (Å²) in [6, 6.07) is 3.11. The standard InChI is InChI=1S/C12H12N2O4S/c1-6(2)8-9(11(16)17)19-12(13-8)14-10(15)7-4-3-5-18-7/h3-6H,1-2H3,(H,16,17)(H,13,14,15). The molecule has 2 heterocycles. The number of furan rings is 1. The summed E-state index contributed by atoms with van der Waals surface area (Å²) in [5.41, 5.74) is 0.465. The predicted octanol–water partition coefficient (Wildman–Crippen LogP) is 2.81. The first-order valence-electron chi connectivity index (χ1n) is 5.58. The molecule has 0 aromatic carbocycles. The van der Waals surface area contributed by atoms with Crippen molar-refractivity contribution in [1.82, 2.24) is 4.98 Å². The number of nitrogens with zero attached hydrogens (tertiary/aromatic N) is 1. The smallest absolute Gasteiger partial charge is 0.347 e. The molecule has 0 aliphatic rings. The summed E-state index contributed by atoms with van der Waals surface area (Å²) >= 11 is 0.937. The molecule has 0 fully saturated rings. The Balaban J connectivity index is 2.24. The van der Waals surface area contributed by atoms with Crippen molar-refractivity contribution in [2.24, 2.45) is 0 Å². The second-order valence-electron chi connectivity index (χ2n) is 4.12. The Hall–Kier alpha value is -2.15. The van der Waals surface area contributed by atoms with Gasteiger partial charge in [0.1, 0.15) is 4.88 Å². The normalized spacial score (nSPS) is 10.7. The van der Waals surface area contributed by atoms with Crippen molar-refractivity contribution in [3.05, 3.63) is 34.7 Å². The third kappa shape index (κ3) is 2.82. The van der Waals surface area contributed by atoms with Crippen molar-refractivity contribution in [1.29, 1.82) is 0 Å². The van der Waals surface area contributed by atoms with Crippen LogP contribution >= 0.6 is 11.3 Å². The van der Waals surface area contributed by atoms with Gasteiger partial charge in [0.25, 0.3) is 5.91 Å². The van der Waals surface area contributed by atoms with Gasteiger partial charge in [0.2, 0.25) is 0 Å². The Morgan fingerprint density at radius 1 is 1.47 bits per heavy atom. The Labute approximate surface area is 113 Å². The SMILES string of the molecule is CC(C)c1nc(NC(=O)c2ccco2)sc1C(=O)O. The molecule has 0 atom stereocenters. The van der Waals surface area contributed by atoms with E-state index in [-0.39, 0.29) is 21.7 Å². The average Bonchev–Trinajstić information content (AvgIpc) is 2.97. The fourth-order valence-electron chi connectivity index (χ4n) is 1.50. The van der Waals surface area contributed by atoms with Gasteiger partial charge in [0.15, 0.2) is 10.9 Å². The first kappa shape index (κ1) is 13.3. The summed E-state index contributed by atoms with van der Waals surface area (Å²) in [7, 11) is 0. The fourth-order valence-corrected chi connectivity index (χ4v) is 2.45. The minimum atomic E-state index is -1.04. The molecule has 7 heteroatoms. The molecule has 0 saturated carbocycles. The van der Waals surface area contributed by atoms with Crippen molar-refractivity contribution < 1.29 is 19.1 Å². The van der Waals surface area contributed by atoms with Crippen molar-refractivity contribution in [3.8, 4) is 0 Å². The zero-order chi connectivity index (χ0) is 14.0. The second-order valence-corrected chi connectivity index (χ2v) is 5.12. The summed E-state index contributed by atoms with van der Waals surface area (Å²) in [5.74, 6) is -1.37. The largest absolute Gasteiger partial charge is 0.477 e. The highest BCUT2D eigenvalue weighted by atomic mass is 32.1. The topological polar surface area (TPSA) is 92.4 Å². The molecular formula is C12H12N2O4S. The molecule has 0 aliphatic carbocycles. The van der Waals surface area contributed by atoms with Crippen LogP contribution in [0.25, 0.3) is 0 Å². The van der Waals surface area contributed by atoms with E-state index in [1.807, 2.05) is 13.8 Å². The quantitative estimate of drug-likeness (QED) is 0.898. The summed E-state index contributed by atoms with van der Waals surface area (Å²) in [5, 5.41) is 11.9. The Morgan fingerprint density at radius 2 is 2.21 bits per heavy atom. The number of anilines is 1. The van der Waals surface area contributed by atoms with Crippen LogP contribution in [0.1, 0.15) is 45.7 Å². The lowest BCUT2D eigenvalue weighted by molar-refractivity contribution is 0.0700. The molecule has 2 aromatic heterocycles. The molecule has 1 amide bonds. The minimum absolute atomic E-state index is 0.0309. The molecule has 2 N–H and O–H groups in total. The van der Waals surface area contributed by atoms with Crippen molar-refractivity contribution in [3.63, 3.8) is 0 Å². The number of carboxylic acids is 1.